The Labute approximate surface area is 242 Å². The van der Waals surface area contributed by atoms with E-state index in [2.05, 4.69) is 31.1 Å². The Morgan fingerprint density at radius 1 is 1.12 bits per heavy atom. The molecule has 2 aromatic carbocycles. The molecule has 1 saturated carbocycles. The van der Waals surface area contributed by atoms with Crippen molar-refractivity contribution in [3.63, 3.8) is 0 Å². The highest BCUT2D eigenvalue weighted by Gasteiger charge is 2.30. The van der Waals surface area contributed by atoms with Crippen LogP contribution in [0.5, 0.6) is 5.75 Å². The van der Waals surface area contributed by atoms with Gasteiger partial charge in [-0.1, -0.05) is 41.8 Å². The molecule has 1 aliphatic rings. The number of nitrogens with one attached hydrogen (secondary N) is 3. The Hall–Kier alpha value is -4.63. The van der Waals surface area contributed by atoms with E-state index in [0.29, 0.717) is 24.7 Å². The molecule has 0 radical (unpaired) electrons. The van der Waals surface area contributed by atoms with Crippen LogP contribution in [0.4, 0.5) is 30.2 Å². The molecule has 15 heteroatoms. The van der Waals surface area contributed by atoms with Crippen molar-refractivity contribution in [2.75, 3.05) is 30.0 Å². The highest BCUT2D eigenvalue weighted by Crippen LogP contribution is 2.36. The summed E-state index contributed by atoms with van der Waals surface area (Å²) in [6, 6.07) is 7.29. The van der Waals surface area contributed by atoms with E-state index in [-0.39, 0.29) is 50.9 Å². The second-order valence-corrected chi connectivity index (χ2v) is 10.7. The molecule has 2 heterocycles. The van der Waals surface area contributed by atoms with Crippen molar-refractivity contribution in [1.82, 2.24) is 20.4 Å². The molecule has 0 spiro atoms. The lowest BCUT2D eigenvalue weighted by atomic mass is 9.85. The fourth-order valence-corrected chi connectivity index (χ4v) is 5.31. The Balaban J connectivity index is 1.29. The number of carbonyl (C=O) groups excluding carboxylic acids is 2. The van der Waals surface area contributed by atoms with Crippen LogP contribution in [0.1, 0.15) is 42.5 Å². The summed E-state index contributed by atoms with van der Waals surface area (Å²) >= 11 is 0.941. The maximum atomic E-state index is 14.8. The first kappa shape index (κ1) is 28.9. The van der Waals surface area contributed by atoms with Crippen LogP contribution in [-0.2, 0) is 0 Å². The highest BCUT2D eigenvalue weighted by atomic mass is 32.1. The molecule has 4 aromatic rings. The maximum absolute atomic E-state index is 14.8. The molecule has 0 aliphatic heterocycles. The number of amides is 3. The normalized spacial score (nSPS) is 14.3. The van der Waals surface area contributed by atoms with Gasteiger partial charge in [0, 0.05) is 18.2 Å². The summed E-state index contributed by atoms with van der Waals surface area (Å²) in [5.41, 5.74) is 4.71. The first-order valence-electron chi connectivity index (χ1n) is 13.0. The molecule has 2 aromatic heterocycles. The van der Waals surface area contributed by atoms with Crippen LogP contribution < -0.4 is 26.4 Å². The average molecular weight is 600 g/mol. The fourth-order valence-electron chi connectivity index (χ4n) is 4.51. The van der Waals surface area contributed by atoms with Crippen molar-refractivity contribution in [3.05, 3.63) is 53.6 Å². The van der Waals surface area contributed by atoms with Gasteiger partial charge >= 0.3 is 6.03 Å². The topological polar surface area (TPSA) is 178 Å². The second-order valence-electron chi connectivity index (χ2n) is 9.75. The van der Waals surface area contributed by atoms with E-state index in [9.17, 15) is 23.5 Å². The van der Waals surface area contributed by atoms with Gasteiger partial charge in [-0.3, -0.25) is 10.1 Å². The number of rotatable bonds is 8. The van der Waals surface area contributed by atoms with Gasteiger partial charge in [-0.2, -0.15) is 4.98 Å². The number of benzene rings is 2. The minimum absolute atomic E-state index is 0.0257. The quantitative estimate of drug-likeness (QED) is 0.190. The monoisotopic (exact) mass is 599 g/mol. The molecule has 42 heavy (non-hydrogen) atoms. The van der Waals surface area contributed by atoms with Gasteiger partial charge in [0.25, 0.3) is 11.8 Å². The number of halogens is 2. The molecule has 0 saturated heterocycles. The van der Waals surface area contributed by atoms with E-state index >= 15 is 0 Å². The summed E-state index contributed by atoms with van der Waals surface area (Å²) in [4.78, 5) is 33.5. The first-order chi connectivity index (χ1) is 20.1. The van der Waals surface area contributed by atoms with Crippen LogP contribution in [0.2, 0.25) is 0 Å². The third kappa shape index (κ3) is 6.47. The number of hydrogen-bond donors (Lipinski definition) is 5. The number of carbonyl (C=O) groups is 2. The minimum atomic E-state index is -1.01. The van der Waals surface area contributed by atoms with Gasteiger partial charge in [-0.15, -0.1) is 0 Å². The zero-order valence-electron chi connectivity index (χ0n) is 22.4. The summed E-state index contributed by atoms with van der Waals surface area (Å²) in [7, 11) is 1.45. The van der Waals surface area contributed by atoms with Crippen molar-refractivity contribution in [2.45, 2.75) is 37.7 Å². The molecular weight excluding hydrogens is 572 g/mol. The smallest absolute Gasteiger partial charge is 0.321 e. The number of urea groups is 1. The number of nitrogen functional groups attached to an aromatic ring is 1. The third-order valence-electron chi connectivity index (χ3n) is 6.73. The molecular formula is C27H27F2N7O5S. The number of thiazole rings is 1. The minimum Gasteiger partial charge on any atom is -0.497 e. The third-order valence-corrected chi connectivity index (χ3v) is 7.71. The molecule has 0 unspecified atom stereocenters. The van der Waals surface area contributed by atoms with E-state index in [1.807, 2.05) is 0 Å². The van der Waals surface area contributed by atoms with Gasteiger partial charge in [0.15, 0.2) is 5.13 Å². The van der Waals surface area contributed by atoms with Crippen LogP contribution in [0.3, 0.4) is 0 Å². The van der Waals surface area contributed by atoms with Crippen LogP contribution >= 0.6 is 11.3 Å². The van der Waals surface area contributed by atoms with Crippen LogP contribution in [0, 0.1) is 11.6 Å². The Morgan fingerprint density at radius 3 is 2.67 bits per heavy atom. The summed E-state index contributed by atoms with van der Waals surface area (Å²) in [5, 5.41) is 22.1. The Morgan fingerprint density at radius 2 is 1.90 bits per heavy atom. The Kier molecular flexibility index (Phi) is 8.31. The number of methoxy groups -OCH3 is 1. The molecule has 220 valence electrons. The second kappa shape index (κ2) is 12.1. The molecule has 6 N–H and O–H groups in total. The molecule has 5 rings (SSSR count). The lowest BCUT2D eigenvalue weighted by molar-refractivity contribution is 0.00755. The van der Waals surface area contributed by atoms with Crippen molar-refractivity contribution in [3.8, 4) is 27.9 Å². The van der Waals surface area contributed by atoms with Crippen LogP contribution in [-0.4, -0.2) is 51.4 Å². The van der Waals surface area contributed by atoms with E-state index in [0.717, 1.165) is 36.7 Å². The van der Waals surface area contributed by atoms with Crippen molar-refractivity contribution >= 4 is 39.9 Å². The largest absolute Gasteiger partial charge is 0.497 e. The Bertz CT molecular complexity index is 1620. The standard InChI is InChI=1S/C27H27F2N7O5S/c1-40-15-7-5-6-14(10-15)23(37)32-19-11-16(17(28)12-18(19)29)22-34-24(41-36-22)20-21(30)33-26(42-20)35-25(38)31-13-27(39)8-3-2-4-9-27/h5-7,10-12,39H,2-4,8-9,13,30H2,1H3,(H,32,37)(H2,31,33,35,38). The van der Waals surface area contributed by atoms with Crippen molar-refractivity contribution in [1.29, 1.82) is 0 Å². The van der Waals surface area contributed by atoms with Gasteiger partial charge < -0.3 is 30.7 Å². The predicted molar refractivity (Wildman–Crippen MR) is 151 cm³/mol. The molecule has 3 amide bonds. The van der Waals surface area contributed by atoms with Gasteiger partial charge in [0.2, 0.25) is 5.82 Å². The molecule has 1 aliphatic carbocycles. The summed E-state index contributed by atoms with van der Waals surface area (Å²) in [6.07, 6.45) is 4.10. The van der Waals surface area contributed by atoms with E-state index < -0.39 is 29.2 Å². The number of nitrogens with zero attached hydrogens (tertiary/aromatic N) is 3. The summed E-state index contributed by atoms with van der Waals surface area (Å²) in [5.74, 6) is -2.59. The first-order valence-corrected chi connectivity index (χ1v) is 13.8. The van der Waals surface area contributed by atoms with Gasteiger partial charge in [-0.25, -0.2) is 18.6 Å². The van der Waals surface area contributed by atoms with Crippen LogP contribution in [0.25, 0.3) is 22.2 Å². The van der Waals surface area contributed by atoms with E-state index in [1.165, 1.54) is 19.2 Å². The lowest BCUT2D eigenvalue weighted by Gasteiger charge is -2.31. The van der Waals surface area contributed by atoms with Gasteiger partial charge in [0.1, 0.15) is 28.1 Å². The highest BCUT2D eigenvalue weighted by molar-refractivity contribution is 7.19. The fraction of sp³-hybridized carbons (Fsp3) is 0.296. The number of aliphatic hydroxyl groups is 1. The number of aromatic nitrogens is 3. The van der Waals surface area contributed by atoms with E-state index in [1.54, 1.807) is 12.1 Å². The lowest BCUT2D eigenvalue weighted by Crippen LogP contribution is -2.45. The van der Waals surface area contributed by atoms with Crippen molar-refractivity contribution in [2.24, 2.45) is 0 Å². The van der Waals surface area contributed by atoms with Gasteiger partial charge in [-0.05, 0) is 37.1 Å². The molecule has 1 fully saturated rings. The van der Waals surface area contributed by atoms with Crippen LogP contribution in [0.15, 0.2) is 40.9 Å². The summed E-state index contributed by atoms with van der Waals surface area (Å²) in [6.45, 7) is 0.102. The average Bonchev–Trinajstić information content (AvgIpc) is 3.60. The maximum Gasteiger partial charge on any atom is 0.321 e. The SMILES string of the molecule is COc1cccc(C(=O)Nc2cc(-c3noc(-c4sc(NC(=O)NCC5(O)CCCCC5)nc4N)n3)c(F)cc2F)c1. The van der Waals surface area contributed by atoms with E-state index in [4.69, 9.17) is 15.0 Å². The van der Waals surface area contributed by atoms with Gasteiger partial charge in [0.05, 0.1) is 24.0 Å². The molecule has 0 bridgehead atoms. The number of ether oxygens (including phenoxy) is 1. The molecule has 12 nitrogen and oxygen atoms in total. The number of hydrogen-bond acceptors (Lipinski definition) is 10. The number of anilines is 3. The molecule has 0 atom stereocenters. The summed E-state index contributed by atoms with van der Waals surface area (Å²) < 4.78 is 39.7. The zero-order valence-corrected chi connectivity index (χ0v) is 23.2. The van der Waals surface area contributed by atoms with Crippen molar-refractivity contribution < 1.29 is 32.7 Å². The zero-order chi connectivity index (χ0) is 29.9. The number of nitrogens with two attached hydrogens (primary N) is 1. The predicted octanol–water partition coefficient (Wildman–Crippen LogP) is 4.80.